The molecule has 1 amide bonds. The number of aromatic nitrogens is 1. The van der Waals surface area contributed by atoms with Crippen molar-refractivity contribution in [2.75, 3.05) is 26.2 Å². The van der Waals surface area contributed by atoms with Crippen molar-refractivity contribution >= 4 is 27.5 Å². The topological polar surface area (TPSA) is 36.2 Å². The van der Waals surface area contributed by atoms with Gasteiger partial charge in [0.15, 0.2) is 13.1 Å². The second kappa shape index (κ2) is 6.23. The van der Waals surface area contributed by atoms with E-state index in [1.165, 1.54) is 26.1 Å². The van der Waals surface area contributed by atoms with E-state index >= 15 is 0 Å². The molecule has 3 aliphatic rings. The van der Waals surface area contributed by atoms with Crippen LogP contribution in [0.15, 0.2) is 30.3 Å². The van der Waals surface area contributed by atoms with Crippen molar-refractivity contribution in [3.8, 4) is 10.6 Å². The second-order valence-corrected chi connectivity index (χ2v) is 7.82. The average Bonchev–Trinajstić information content (AvgIpc) is 2.61. The van der Waals surface area contributed by atoms with Gasteiger partial charge in [0, 0.05) is 19.1 Å². The van der Waals surface area contributed by atoms with E-state index in [4.69, 9.17) is 4.98 Å². The summed E-state index contributed by atoms with van der Waals surface area (Å²) in [5.74, 6) is 0.169. The van der Waals surface area contributed by atoms with E-state index in [1.54, 1.807) is 6.92 Å². The Morgan fingerprint density at radius 2 is 1.92 bits per heavy atom. The maximum absolute atomic E-state index is 11.5. The van der Waals surface area contributed by atoms with Crippen LogP contribution in [0.3, 0.4) is 0 Å². The minimum Gasteiger partial charge on any atom is -0.330 e. The third kappa shape index (κ3) is 2.93. The second-order valence-electron chi connectivity index (χ2n) is 6.74. The minimum atomic E-state index is 0.169. The molecule has 0 bridgehead atoms. The number of aryl methyl sites for hydroxylation is 2. The molecule has 25 heavy (non-hydrogen) atoms. The van der Waals surface area contributed by atoms with Crippen molar-refractivity contribution in [1.82, 2.24) is 14.5 Å². The van der Waals surface area contributed by atoms with Crippen LogP contribution in [0.2, 0.25) is 0 Å². The van der Waals surface area contributed by atoms with Crippen molar-refractivity contribution < 1.29 is 4.79 Å². The molecule has 1 aromatic rings. The fourth-order valence-corrected chi connectivity index (χ4v) is 4.67. The number of carbonyl (C=O) groups excluding carboxylic acids is 1. The summed E-state index contributed by atoms with van der Waals surface area (Å²) in [6.45, 7) is 9.27. The van der Waals surface area contributed by atoms with E-state index in [-0.39, 0.29) is 5.91 Å². The summed E-state index contributed by atoms with van der Waals surface area (Å²) >= 11 is 1.81. The van der Waals surface area contributed by atoms with Crippen LogP contribution in [0, 0.1) is 13.8 Å². The van der Waals surface area contributed by atoms with Crippen LogP contribution in [0.5, 0.6) is 0 Å². The smallest absolute Gasteiger partial charge is 0.219 e. The van der Waals surface area contributed by atoms with Gasteiger partial charge in [-0.05, 0) is 31.0 Å². The maximum atomic E-state index is 11.5. The zero-order valence-electron chi connectivity index (χ0n) is 14.9. The lowest BCUT2D eigenvalue weighted by Gasteiger charge is -2.24. The lowest BCUT2D eigenvalue weighted by Crippen LogP contribution is -2.49. The SMILES string of the molecule is CC(=O)N1CC[N+](=c2cc3sc4cccc(C)c4nc-3c(C)c2)CC1. The molecule has 0 N–H and O–H groups in total. The first kappa shape index (κ1) is 16.2. The van der Waals surface area contributed by atoms with Gasteiger partial charge in [-0.3, -0.25) is 4.79 Å². The molecule has 4 rings (SSSR count). The Kier molecular flexibility index (Phi) is 4.04. The zero-order valence-corrected chi connectivity index (χ0v) is 15.7. The van der Waals surface area contributed by atoms with E-state index in [9.17, 15) is 4.79 Å². The molecule has 1 aromatic carbocycles. The standard InChI is InChI=1S/C20H22N3OS/c1-13-5-4-6-17-19(13)21-20-14(2)11-16(12-18(20)25-17)23-9-7-22(8-10-23)15(3)24/h4-6,11-12H,7-10H2,1-3H3/q+1. The first-order valence-corrected chi connectivity index (χ1v) is 9.49. The Labute approximate surface area is 151 Å². The molecule has 0 atom stereocenters. The molecule has 0 saturated carbocycles. The third-order valence-electron chi connectivity index (χ3n) is 4.98. The van der Waals surface area contributed by atoms with Crippen LogP contribution in [0.25, 0.3) is 20.8 Å². The molecule has 1 saturated heterocycles. The average molecular weight is 352 g/mol. The largest absolute Gasteiger partial charge is 0.330 e. The summed E-state index contributed by atoms with van der Waals surface area (Å²) in [5, 5.41) is 1.23. The number of fused-ring (bicyclic) bond motifs is 2. The minimum absolute atomic E-state index is 0.169. The van der Waals surface area contributed by atoms with Gasteiger partial charge in [0.25, 0.3) is 0 Å². The highest BCUT2D eigenvalue weighted by Crippen LogP contribution is 2.32. The van der Waals surface area contributed by atoms with E-state index in [0.29, 0.717) is 0 Å². The summed E-state index contributed by atoms with van der Waals surface area (Å²) in [5.41, 5.74) is 4.63. The quantitative estimate of drug-likeness (QED) is 0.461. The van der Waals surface area contributed by atoms with Crippen molar-refractivity contribution in [1.29, 1.82) is 0 Å². The lowest BCUT2D eigenvalue weighted by molar-refractivity contribution is -0.129. The van der Waals surface area contributed by atoms with Gasteiger partial charge >= 0.3 is 0 Å². The van der Waals surface area contributed by atoms with Crippen molar-refractivity contribution in [3.63, 3.8) is 0 Å². The number of carbonyl (C=O) groups is 1. The number of nitrogens with zero attached hydrogens (tertiary/aromatic N) is 3. The number of rotatable bonds is 0. The molecule has 128 valence electrons. The number of hydrogen-bond donors (Lipinski definition) is 0. The van der Waals surface area contributed by atoms with E-state index in [1.807, 2.05) is 16.2 Å². The molecule has 2 heterocycles. The van der Waals surface area contributed by atoms with Gasteiger partial charge in [0.1, 0.15) is 0 Å². The van der Waals surface area contributed by atoms with E-state index in [0.717, 1.165) is 37.4 Å². The van der Waals surface area contributed by atoms with Gasteiger partial charge in [0.2, 0.25) is 11.3 Å². The number of piperazine rings is 1. The zero-order chi connectivity index (χ0) is 17.6. The van der Waals surface area contributed by atoms with Gasteiger partial charge in [-0.25, -0.2) is 9.56 Å². The molecule has 0 radical (unpaired) electrons. The summed E-state index contributed by atoms with van der Waals surface area (Å²) in [6, 6.07) is 10.8. The van der Waals surface area contributed by atoms with Crippen molar-refractivity contribution in [2.45, 2.75) is 20.8 Å². The highest BCUT2D eigenvalue weighted by atomic mass is 32.1. The molecule has 1 aliphatic carbocycles. The van der Waals surface area contributed by atoms with E-state index < -0.39 is 0 Å². The monoisotopic (exact) mass is 352 g/mol. The van der Waals surface area contributed by atoms with Crippen LogP contribution < -0.4 is 9.93 Å². The summed E-state index contributed by atoms with van der Waals surface area (Å²) in [4.78, 5) is 19.6. The van der Waals surface area contributed by atoms with Crippen LogP contribution in [0.4, 0.5) is 0 Å². The van der Waals surface area contributed by atoms with Crippen LogP contribution in [-0.4, -0.2) is 42.0 Å². The Balaban J connectivity index is 1.85. The summed E-state index contributed by atoms with van der Waals surface area (Å²) in [7, 11) is 0. The molecule has 5 heteroatoms. The van der Waals surface area contributed by atoms with Gasteiger partial charge in [-0.2, -0.15) is 0 Å². The molecule has 4 nitrogen and oxygen atoms in total. The Hall–Kier alpha value is -2.27. The predicted molar refractivity (Wildman–Crippen MR) is 103 cm³/mol. The molecule has 0 unspecified atom stereocenters. The van der Waals surface area contributed by atoms with Crippen LogP contribution >= 0.6 is 11.3 Å². The molecule has 1 fully saturated rings. The van der Waals surface area contributed by atoms with Crippen LogP contribution in [-0.2, 0) is 4.79 Å². The maximum Gasteiger partial charge on any atom is 0.219 e. The van der Waals surface area contributed by atoms with Gasteiger partial charge in [0.05, 0.1) is 33.9 Å². The lowest BCUT2D eigenvalue weighted by atomic mass is 10.1. The third-order valence-corrected chi connectivity index (χ3v) is 6.07. The number of benzene rings is 2. The Bertz CT molecular complexity index is 1010. The van der Waals surface area contributed by atoms with Gasteiger partial charge in [-0.1, -0.05) is 12.1 Å². The molecule has 0 aromatic heterocycles. The molecular weight excluding hydrogens is 330 g/mol. The normalized spacial score (nSPS) is 15.2. The highest BCUT2D eigenvalue weighted by Gasteiger charge is 2.22. The Morgan fingerprint density at radius 3 is 2.64 bits per heavy atom. The molecular formula is C20H22N3OS+. The van der Waals surface area contributed by atoms with Crippen molar-refractivity contribution in [2.24, 2.45) is 0 Å². The number of para-hydroxylation sites is 1. The first-order chi connectivity index (χ1) is 12.0. The molecule has 0 spiro atoms. The number of amides is 1. The van der Waals surface area contributed by atoms with Crippen LogP contribution in [0.1, 0.15) is 18.1 Å². The fraction of sp³-hybridized carbons (Fsp3) is 0.350. The van der Waals surface area contributed by atoms with Gasteiger partial charge in [-0.15, -0.1) is 11.3 Å². The Morgan fingerprint density at radius 1 is 1.16 bits per heavy atom. The predicted octanol–water partition coefficient (Wildman–Crippen LogP) is 2.65. The first-order valence-electron chi connectivity index (χ1n) is 8.67. The molecule has 2 aliphatic heterocycles. The number of hydrogen-bond acceptors (Lipinski definition) is 3. The van der Waals surface area contributed by atoms with Gasteiger partial charge < -0.3 is 4.90 Å². The summed E-state index contributed by atoms with van der Waals surface area (Å²) < 4.78 is 3.60. The van der Waals surface area contributed by atoms with E-state index in [2.05, 4.69) is 48.8 Å². The van der Waals surface area contributed by atoms with Crippen molar-refractivity contribution in [3.05, 3.63) is 46.8 Å². The highest BCUT2D eigenvalue weighted by molar-refractivity contribution is 7.21. The fourth-order valence-electron chi connectivity index (χ4n) is 3.50. The summed E-state index contributed by atoms with van der Waals surface area (Å²) in [6.07, 6.45) is 0.